The van der Waals surface area contributed by atoms with Gasteiger partial charge in [-0.3, -0.25) is 63.1 Å². The number of aliphatic carboxylic acids is 3. The van der Waals surface area contributed by atoms with Gasteiger partial charge in [-0.15, -0.1) is 5.10 Å². The molecule has 0 radical (unpaired) electrons. The highest BCUT2D eigenvalue weighted by Gasteiger charge is 2.41. The summed E-state index contributed by atoms with van der Waals surface area (Å²) in [5.41, 5.74) is 2.75. The fourth-order valence-corrected chi connectivity index (χ4v) is 11.2. The number of carbonyl (C=O) groups excluding carboxylic acids is 3. The van der Waals surface area contributed by atoms with E-state index in [0.29, 0.717) is 88.0 Å². The zero-order valence-corrected chi connectivity index (χ0v) is 48.6. The number of carboxylic acids is 3. The molecular formula is C58H79N12O14P. The van der Waals surface area contributed by atoms with Crippen LogP contribution < -0.4 is 20.7 Å². The van der Waals surface area contributed by atoms with Gasteiger partial charge >= 0.3 is 25.5 Å². The van der Waals surface area contributed by atoms with Crippen LogP contribution in [0, 0.1) is 0 Å². The van der Waals surface area contributed by atoms with Crippen LogP contribution in [0.25, 0.3) is 0 Å². The number of hydrogen-bond donors (Lipinski definition) is 8. The van der Waals surface area contributed by atoms with E-state index in [2.05, 4.69) is 26.3 Å². The standard InChI is InChI=1S/C58H79N12O14P/c71-52(38-64-23-25-65(40-54(73)74)27-29-67(42-56(77)78)30-28-66(26-24-64)41-55(75)76)59-21-9-1-2-10-22-60-57(79)51-32-48(36-69(51)53(72)39-68(37-50-16-11-31-83-50)34-45-14-7-4-8-15-45)70-35-47(62-63-70)43-84-49-19-17-46(18-20-49)58(85(80,81)82)61-33-44-12-5-3-6-13-44/h3-8,11-20,31,35,48,51,58,61H,1-2,9-10,21-30,32-34,36-43H2,(H,59,71)(H,60,79)(H,73,74)(H,75,76)(H,77,78)(H2,80,81,82)/t48-,51-,58?/m0/s1. The van der Waals surface area contributed by atoms with Crippen molar-refractivity contribution in [2.75, 3.05) is 105 Å². The summed E-state index contributed by atoms with van der Waals surface area (Å²) >= 11 is 0. The molecule has 26 nitrogen and oxygen atoms in total. The SMILES string of the molecule is O=C(O)CN1CCN(CC(=O)O)CCN(CC(=O)NCCCCCCNC(=O)[C@@H]2C[C@H](n3cc(COc4ccc(C(NCc5ccccc5)P(=O)(O)O)cc4)nn3)CN2C(=O)CN(Cc2ccccc2)Cc2ccco2)CCN(CC(=O)O)CC1. The van der Waals surface area contributed by atoms with Crippen molar-refractivity contribution < 1.29 is 67.6 Å². The lowest BCUT2D eigenvalue weighted by Crippen LogP contribution is -2.49. The summed E-state index contributed by atoms with van der Waals surface area (Å²) in [5.74, 6) is -3.99. The summed E-state index contributed by atoms with van der Waals surface area (Å²) in [7, 11) is -4.58. The molecular weight excluding hydrogens is 1120 g/mol. The Labute approximate surface area is 493 Å². The number of aromatic nitrogens is 3. The number of furan rings is 1. The van der Waals surface area contributed by atoms with Crippen LogP contribution in [-0.2, 0) is 59.6 Å². The Bertz CT molecular complexity index is 2900. The van der Waals surface area contributed by atoms with Crippen LogP contribution in [0.15, 0.2) is 114 Å². The number of amides is 3. The van der Waals surface area contributed by atoms with Crippen molar-refractivity contribution in [3.8, 4) is 5.75 Å². The van der Waals surface area contributed by atoms with Crippen molar-refractivity contribution >= 4 is 43.2 Å². The summed E-state index contributed by atoms with van der Waals surface area (Å²) in [6.07, 6.45) is 6.38. The molecule has 2 saturated heterocycles. The smallest absolute Gasteiger partial charge is 0.346 e. The second-order valence-electron chi connectivity index (χ2n) is 21.4. The Kier molecular flexibility index (Phi) is 25.6. The van der Waals surface area contributed by atoms with Gasteiger partial charge < -0.3 is 49.8 Å². The predicted octanol–water partition coefficient (Wildman–Crippen LogP) is 2.53. The van der Waals surface area contributed by atoms with Gasteiger partial charge in [0.15, 0.2) is 0 Å². The molecule has 2 aliphatic heterocycles. The number of ether oxygens (including phenoxy) is 1. The first-order valence-corrected chi connectivity index (χ1v) is 30.3. The number of benzene rings is 3. The number of unbranched alkanes of at least 4 members (excludes halogenated alkanes) is 3. The molecule has 3 aromatic carbocycles. The number of nitrogens with one attached hydrogen (secondary N) is 3. The molecule has 0 bridgehead atoms. The molecule has 27 heteroatoms. The van der Waals surface area contributed by atoms with E-state index < -0.39 is 43.4 Å². The number of nitrogens with zero attached hydrogens (tertiary/aromatic N) is 9. The maximum atomic E-state index is 14.5. The molecule has 460 valence electrons. The van der Waals surface area contributed by atoms with Crippen LogP contribution in [0.5, 0.6) is 5.75 Å². The number of carbonyl (C=O) groups is 6. The maximum absolute atomic E-state index is 14.5. The lowest BCUT2D eigenvalue weighted by molar-refractivity contribution is -0.140. The molecule has 1 unspecified atom stereocenters. The molecule has 3 atom stereocenters. The van der Waals surface area contributed by atoms with E-state index in [-0.39, 0.29) is 103 Å². The zero-order chi connectivity index (χ0) is 60.6. The molecule has 0 aliphatic carbocycles. The minimum atomic E-state index is -4.58. The summed E-state index contributed by atoms with van der Waals surface area (Å²) in [6.45, 7) is 3.61. The molecule has 8 N–H and O–H groups in total. The quantitative estimate of drug-likeness (QED) is 0.0233. The van der Waals surface area contributed by atoms with Gasteiger partial charge in [-0.25, -0.2) is 4.68 Å². The number of rotatable bonds is 31. The van der Waals surface area contributed by atoms with Crippen molar-refractivity contribution in [1.29, 1.82) is 0 Å². The highest BCUT2D eigenvalue weighted by Crippen LogP contribution is 2.50. The van der Waals surface area contributed by atoms with Crippen LogP contribution in [0.1, 0.15) is 72.1 Å². The molecule has 2 fully saturated rings. The zero-order valence-electron chi connectivity index (χ0n) is 47.7. The van der Waals surface area contributed by atoms with Crippen molar-refractivity contribution in [2.45, 2.75) is 76.2 Å². The van der Waals surface area contributed by atoms with Crippen LogP contribution >= 0.6 is 7.60 Å². The molecule has 2 aromatic heterocycles. The van der Waals surface area contributed by atoms with Crippen LogP contribution in [0.2, 0.25) is 0 Å². The second-order valence-corrected chi connectivity index (χ2v) is 23.1. The van der Waals surface area contributed by atoms with E-state index in [1.165, 1.54) is 0 Å². The molecule has 3 amide bonds. The Balaban J connectivity index is 0.909. The van der Waals surface area contributed by atoms with Gasteiger partial charge in [-0.05, 0) is 53.8 Å². The summed E-state index contributed by atoms with van der Waals surface area (Å²) in [5, 5.41) is 46.3. The predicted molar refractivity (Wildman–Crippen MR) is 310 cm³/mol. The molecule has 4 heterocycles. The second kappa shape index (κ2) is 33.3. The van der Waals surface area contributed by atoms with E-state index in [0.717, 1.165) is 24.0 Å². The molecule has 2 aliphatic rings. The first-order chi connectivity index (χ1) is 40.9. The Morgan fingerprint density at radius 3 is 1.76 bits per heavy atom. The fraction of sp³-hybridized carbons (Fsp3) is 0.483. The van der Waals surface area contributed by atoms with Crippen LogP contribution in [-0.4, -0.2) is 216 Å². The molecule has 85 heavy (non-hydrogen) atoms. The normalized spacial score (nSPS) is 17.4. The number of carboxylic acid groups (broad SMARTS) is 3. The first-order valence-electron chi connectivity index (χ1n) is 28.6. The van der Waals surface area contributed by atoms with E-state index in [1.54, 1.807) is 67.1 Å². The fourth-order valence-electron chi connectivity index (χ4n) is 10.4. The minimum Gasteiger partial charge on any atom is -0.487 e. The summed E-state index contributed by atoms with van der Waals surface area (Å²) in [6, 6.07) is 27.9. The van der Waals surface area contributed by atoms with Gasteiger partial charge in [0.1, 0.15) is 35.6 Å². The van der Waals surface area contributed by atoms with Gasteiger partial charge in [-0.2, -0.15) is 0 Å². The van der Waals surface area contributed by atoms with Crippen LogP contribution in [0.4, 0.5) is 0 Å². The lowest BCUT2D eigenvalue weighted by Gasteiger charge is -2.32. The van der Waals surface area contributed by atoms with Gasteiger partial charge in [0.2, 0.25) is 17.7 Å². The first kappa shape index (κ1) is 65.2. The monoisotopic (exact) mass is 1200 g/mol. The third-order valence-electron chi connectivity index (χ3n) is 14.8. The van der Waals surface area contributed by atoms with Gasteiger partial charge in [0.05, 0.1) is 57.8 Å². The molecule has 0 spiro atoms. The van der Waals surface area contributed by atoms with E-state index in [9.17, 15) is 58.4 Å². The third-order valence-corrected chi connectivity index (χ3v) is 15.9. The Hall–Kier alpha value is -7.39. The average Bonchev–Trinajstić information content (AvgIpc) is 4.25. The molecule has 0 saturated carbocycles. The molecule has 5 aromatic rings. The third kappa shape index (κ3) is 22.5. The van der Waals surface area contributed by atoms with Crippen molar-refractivity contribution in [3.63, 3.8) is 0 Å². The Morgan fingerprint density at radius 2 is 1.22 bits per heavy atom. The van der Waals surface area contributed by atoms with Gasteiger partial charge in [0, 0.05) is 91.5 Å². The van der Waals surface area contributed by atoms with Crippen molar-refractivity contribution in [3.05, 3.63) is 138 Å². The van der Waals surface area contributed by atoms with Gasteiger partial charge in [-0.1, -0.05) is 90.9 Å². The summed E-state index contributed by atoms with van der Waals surface area (Å²) in [4.78, 5) is 108. The largest absolute Gasteiger partial charge is 0.487 e. The summed E-state index contributed by atoms with van der Waals surface area (Å²) < 4.78 is 25.8. The minimum absolute atomic E-state index is 0.00122. The highest BCUT2D eigenvalue weighted by atomic mass is 31.2. The Morgan fingerprint density at radius 1 is 0.671 bits per heavy atom. The van der Waals surface area contributed by atoms with Gasteiger partial charge in [0.25, 0.3) is 0 Å². The van der Waals surface area contributed by atoms with E-state index in [1.807, 2.05) is 76.5 Å². The van der Waals surface area contributed by atoms with E-state index in [4.69, 9.17) is 9.15 Å². The number of likely N-dealkylation sites (tertiary alicyclic amines) is 1. The number of hydrogen-bond acceptors (Lipinski definition) is 17. The van der Waals surface area contributed by atoms with Crippen LogP contribution in [0.3, 0.4) is 0 Å². The van der Waals surface area contributed by atoms with Crippen molar-refractivity contribution in [2.24, 2.45) is 0 Å². The van der Waals surface area contributed by atoms with E-state index >= 15 is 0 Å². The van der Waals surface area contributed by atoms with Crippen molar-refractivity contribution in [1.82, 2.24) is 60.3 Å². The molecule has 7 rings (SSSR count). The average molecular weight is 1200 g/mol. The maximum Gasteiger partial charge on any atom is 0.346 e. The topological polar surface area (TPSA) is 329 Å². The lowest BCUT2D eigenvalue weighted by atomic mass is 10.1. The highest BCUT2D eigenvalue weighted by molar-refractivity contribution is 7.52.